The van der Waals surface area contributed by atoms with Gasteiger partial charge in [0.15, 0.2) is 0 Å². The quantitative estimate of drug-likeness (QED) is 0.521. The molecule has 1 amide bonds. The van der Waals surface area contributed by atoms with Gasteiger partial charge in [-0.15, -0.1) is 0 Å². The van der Waals surface area contributed by atoms with Crippen LogP contribution >= 0.6 is 0 Å². The van der Waals surface area contributed by atoms with E-state index in [4.69, 9.17) is 15.6 Å². The number of likely N-dealkylation sites (tertiary alicyclic amines) is 1. The fourth-order valence-electron chi connectivity index (χ4n) is 2.28. The molecule has 0 saturated carbocycles. The average Bonchev–Trinajstić information content (AvgIpc) is 2.42. The summed E-state index contributed by atoms with van der Waals surface area (Å²) in [5, 5.41) is 4.90. The predicted octanol–water partition coefficient (Wildman–Crippen LogP) is -1.62. The first-order valence-electron chi connectivity index (χ1n) is 6.63. The third-order valence-corrected chi connectivity index (χ3v) is 4.01. The zero-order chi connectivity index (χ0) is 15.2. The number of rotatable bonds is 7. The molecule has 8 nitrogen and oxygen atoms in total. The molecule has 0 radical (unpaired) electrons. The summed E-state index contributed by atoms with van der Waals surface area (Å²) < 4.78 is 29.1. The molecule has 1 rings (SSSR count). The molecule has 118 valence electrons. The molecule has 0 aromatic heterocycles. The third-order valence-electron chi connectivity index (χ3n) is 3.44. The van der Waals surface area contributed by atoms with Crippen molar-refractivity contribution < 1.29 is 17.9 Å². The Balaban J connectivity index is 2.45. The molecule has 0 aromatic rings. The van der Waals surface area contributed by atoms with Crippen LogP contribution in [0.25, 0.3) is 0 Å². The van der Waals surface area contributed by atoms with Crippen LogP contribution < -0.4 is 15.6 Å². The lowest BCUT2D eigenvalue weighted by atomic mass is 9.98. The van der Waals surface area contributed by atoms with Crippen molar-refractivity contribution in [3.05, 3.63) is 0 Å². The van der Waals surface area contributed by atoms with Crippen LogP contribution in [0.3, 0.4) is 0 Å². The Morgan fingerprint density at radius 2 is 2.25 bits per heavy atom. The highest BCUT2D eigenvalue weighted by Crippen LogP contribution is 2.17. The molecular formula is C11H24N4O4S. The molecule has 0 aromatic carbocycles. The predicted molar refractivity (Wildman–Crippen MR) is 74.9 cm³/mol. The smallest absolute Gasteiger partial charge is 0.274 e. The molecule has 1 fully saturated rings. The second kappa shape index (κ2) is 7.89. The Labute approximate surface area is 120 Å². The maximum absolute atomic E-state index is 12.1. The molecule has 1 aliphatic rings. The number of nitrogens with one attached hydrogen (secondary N) is 1. The molecule has 20 heavy (non-hydrogen) atoms. The van der Waals surface area contributed by atoms with Gasteiger partial charge in [0.1, 0.15) is 0 Å². The van der Waals surface area contributed by atoms with Crippen molar-refractivity contribution in [3.8, 4) is 0 Å². The lowest BCUT2D eigenvalue weighted by molar-refractivity contribution is -0.135. The first-order valence-corrected chi connectivity index (χ1v) is 8.18. The fraction of sp³-hybridized carbons (Fsp3) is 0.909. The van der Waals surface area contributed by atoms with Gasteiger partial charge >= 0.3 is 0 Å². The van der Waals surface area contributed by atoms with E-state index >= 15 is 0 Å². The minimum Gasteiger partial charge on any atom is -0.380 e. The molecule has 2 atom stereocenters. The molecule has 1 saturated heterocycles. The van der Waals surface area contributed by atoms with Crippen LogP contribution in [0.15, 0.2) is 0 Å². The standard InChI is InChI=1S/C11H24N4O4S/c1-19-10(6-12)5-11(16)15-4-2-3-9(8-15)7-14-20(13,17)18/h9-10,14H,2-8,12H2,1H3,(H2,13,17,18). The highest BCUT2D eigenvalue weighted by Gasteiger charge is 2.25. The normalized spacial score (nSPS) is 21.8. The summed E-state index contributed by atoms with van der Waals surface area (Å²) in [4.78, 5) is 13.8. The van der Waals surface area contributed by atoms with Gasteiger partial charge in [-0.05, 0) is 18.8 Å². The summed E-state index contributed by atoms with van der Waals surface area (Å²) in [6.07, 6.45) is 1.70. The second-order valence-electron chi connectivity index (χ2n) is 5.04. The van der Waals surface area contributed by atoms with Gasteiger partial charge in [0.2, 0.25) is 5.91 Å². The van der Waals surface area contributed by atoms with Crippen LogP contribution in [0.2, 0.25) is 0 Å². The molecular weight excluding hydrogens is 284 g/mol. The minimum atomic E-state index is -3.68. The van der Waals surface area contributed by atoms with E-state index in [0.29, 0.717) is 19.6 Å². The van der Waals surface area contributed by atoms with E-state index in [1.165, 1.54) is 7.11 Å². The number of piperidine rings is 1. The van der Waals surface area contributed by atoms with E-state index < -0.39 is 10.2 Å². The molecule has 2 unspecified atom stereocenters. The summed E-state index contributed by atoms with van der Waals surface area (Å²) in [5.74, 6) is 0.0764. The van der Waals surface area contributed by atoms with Crippen LogP contribution in [0.1, 0.15) is 19.3 Å². The van der Waals surface area contributed by atoms with Gasteiger partial charge < -0.3 is 15.4 Å². The number of hydrogen-bond donors (Lipinski definition) is 3. The average molecular weight is 308 g/mol. The Hall–Kier alpha value is -0.740. The minimum absolute atomic E-state index is 0.0115. The number of carbonyl (C=O) groups is 1. The number of nitrogens with zero attached hydrogens (tertiary/aromatic N) is 1. The highest BCUT2D eigenvalue weighted by molar-refractivity contribution is 7.87. The van der Waals surface area contributed by atoms with Crippen LogP contribution in [0.4, 0.5) is 0 Å². The number of amides is 1. The Bertz CT molecular complexity index is 411. The molecule has 0 spiro atoms. The number of methoxy groups -OCH3 is 1. The van der Waals surface area contributed by atoms with E-state index in [1.54, 1.807) is 4.90 Å². The lowest BCUT2D eigenvalue weighted by Crippen LogP contribution is -2.45. The Morgan fingerprint density at radius 3 is 2.80 bits per heavy atom. The van der Waals surface area contributed by atoms with Crippen LogP contribution in [-0.2, 0) is 19.7 Å². The Morgan fingerprint density at radius 1 is 1.55 bits per heavy atom. The largest absolute Gasteiger partial charge is 0.380 e. The summed E-state index contributed by atoms with van der Waals surface area (Å²) in [6.45, 7) is 1.77. The van der Waals surface area contributed by atoms with E-state index in [2.05, 4.69) is 4.72 Å². The lowest BCUT2D eigenvalue weighted by Gasteiger charge is -2.33. The first-order chi connectivity index (χ1) is 9.35. The van der Waals surface area contributed by atoms with Crippen LogP contribution in [-0.4, -0.2) is 58.6 Å². The summed E-state index contributed by atoms with van der Waals surface area (Å²) in [7, 11) is -2.15. The first kappa shape index (κ1) is 17.3. The second-order valence-corrected chi connectivity index (χ2v) is 6.42. The van der Waals surface area contributed by atoms with Crippen molar-refractivity contribution >= 4 is 16.1 Å². The molecule has 5 N–H and O–H groups in total. The molecule has 0 aliphatic carbocycles. The zero-order valence-electron chi connectivity index (χ0n) is 11.7. The van der Waals surface area contributed by atoms with E-state index in [9.17, 15) is 13.2 Å². The van der Waals surface area contributed by atoms with Crippen LogP contribution in [0.5, 0.6) is 0 Å². The summed E-state index contributed by atoms with van der Waals surface area (Å²) in [6, 6.07) is 0. The van der Waals surface area contributed by atoms with Crippen LogP contribution in [0, 0.1) is 5.92 Å². The third kappa shape index (κ3) is 6.14. The van der Waals surface area contributed by atoms with E-state index in [1.807, 2.05) is 0 Å². The zero-order valence-corrected chi connectivity index (χ0v) is 12.6. The highest BCUT2D eigenvalue weighted by atomic mass is 32.2. The van der Waals surface area contributed by atoms with Gasteiger partial charge in [0.25, 0.3) is 10.2 Å². The number of hydrogen-bond acceptors (Lipinski definition) is 5. The van der Waals surface area contributed by atoms with Gasteiger partial charge in [-0.2, -0.15) is 8.42 Å². The maximum Gasteiger partial charge on any atom is 0.274 e. The van der Waals surface area contributed by atoms with Crippen molar-refractivity contribution in [3.63, 3.8) is 0 Å². The van der Waals surface area contributed by atoms with Crippen molar-refractivity contribution in [2.75, 3.05) is 33.3 Å². The van der Waals surface area contributed by atoms with Crippen molar-refractivity contribution in [1.82, 2.24) is 9.62 Å². The van der Waals surface area contributed by atoms with Crippen molar-refractivity contribution in [1.29, 1.82) is 0 Å². The maximum atomic E-state index is 12.1. The topological polar surface area (TPSA) is 128 Å². The number of carbonyl (C=O) groups excluding carboxylic acids is 1. The van der Waals surface area contributed by atoms with Gasteiger partial charge in [-0.1, -0.05) is 0 Å². The van der Waals surface area contributed by atoms with Crippen molar-refractivity contribution in [2.45, 2.75) is 25.4 Å². The van der Waals surface area contributed by atoms with E-state index in [0.717, 1.165) is 12.8 Å². The SMILES string of the molecule is COC(CN)CC(=O)N1CCCC(CNS(N)(=O)=O)C1. The van der Waals surface area contributed by atoms with Gasteiger partial charge in [-0.25, -0.2) is 9.86 Å². The van der Waals surface area contributed by atoms with Gasteiger partial charge in [0, 0.05) is 33.3 Å². The monoisotopic (exact) mass is 308 g/mol. The van der Waals surface area contributed by atoms with Crippen molar-refractivity contribution in [2.24, 2.45) is 16.8 Å². The van der Waals surface area contributed by atoms with Gasteiger partial charge in [-0.3, -0.25) is 4.79 Å². The molecule has 9 heteroatoms. The van der Waals surface area contributed by atoms with E-state index in [-0.39, 0.29) is 30.9 Å². The van der Waals surface area contributed by atoms with Gasteiger partial charge in [0.05, 0.1) is 12.5 Å². The number of nitrogens with two attached hydrogens (primary N) is 2. The fourth-order valence-corrected chi connectivity index (χ4v) is 2.75. The molecule has 0 bridgehead atoms. The summed E-state index contributed by atoms with van der Waals surface area (Å²) in [5.41, 5.74) is 5.50. The Kier molecular flexibility index (Phi) is 6.83. The molecule has 1 heterocycles. The number of ether oxygens (including phenoxy) is 1. The summed E-state index contributed by atoms with van der Waals surface area (Å²) >= 11 is 0. The molecule has 1 aliphatic heterocycles.